The van der Waals surface area contributed by atoms with Gasteiger partial charge in [-0.15, -0.1) is 0 Å². The van der Waals surface area contributed by atoms with Gasteiger partial charge < -0.3 is 24.7 Å². The molecule has 3 aromatic rings. The SMILES string of the molecule is CCOc1cc(C(C)(C)C#N)ccc1C1=N[C@@H](c2ccc(Cl)cc2)[C@@H](c2ccc(Cl)cc2)N1C(=O)N1CCN(CC(=O)N(CCO)CCO)CC1. The molecule has 3 aromatic carbocycles. The van der Waals surface area contributed by atoms with E-state index in [4.69, 9.17) is 32.9 Å². The van der Waals surface area contributed by atoms with Gasteiger partial charge in [-0.3, -0.25) is 19.6 Å². The molecule has 0 radical (unpaired) electrons. The van der Waals surface area contributed by atoms with Crippen LogP contribution in [0.25, 0.3) is 0 Å². The molecule has 0 unspecified atom stereocenters. The molecular weight excluding hydrogens is 691 g/mol. The van der Waals surface area contributed by atoms with Crippen LogP contribution in [0.2, 0.25) is 10.0 Å². The lowest BCUT2D eigenvalue weighted by molar-refractivity contribution is -0.133. The Morgan fingerprint density at radius 1 is 0.941 bits per heavy atom. The largest absolute Gasteiger partial charge is 0.493 e. The molecule has 2 N–H and O–H groups in total. The van der Waals surface area contributed by atoms with E-state index in [0.29, 0.717) is 60.0 Å². The Morgan fingerprint density at radius 2 is 1.53 bits per heavy atom. The maximum Gasteiger partial charge on any atom is 0.326 e. The number of carbonyl (C=O) groups excluding carboxylic acids is 2. The van der Waals surface area contributed by atoms with E-state index in [9.17, 15) is 25.1 Å². The summed E-state index contributed by atoms with van der Waals surface area (Å²) in [6.45, 7) is 7.61. The van der Waals surface area contributed by atoms with E-state index >= 15 is 0 Å². The zero-order chi connectivity index (χ0) is 36.7. The maximum atomic E-state index is 14.9. The average molecular weight is 736 g/mol. The van der Waals surface area contributed by atoms with E-state index < -0.39 is 17.5 Å². The molecule has 2 aliphatic heterocycles. The Labute approximate surface area is 309 Å². The van der Waals surface area contributed by atoms with Crippen molar-refractivity contribution in [2.24, 2.45) is 4.99 Å². The number of urea groups is 1. The zero-order valence-electron chi connectivity index (χ0n) is 29.1. The Balaban J connectivity index is 1.54. The third kappa shape index (κ3) is 8.66. The number of aliphatic hydroxyl groups excluding tert-OH is 2. The van der Waals surface area contributed by atoms with Gasteiger partial charge in [-0.2, -0.15) is 5.26 Å². The molecule has 270 valence electrons. The first-order valence-electron chi connectivity index (χ1n) is 17.1. The number of halogens is 2. The summed E-state index contributed by atoms with van der Waals surface area (Å²) in [4.78, 5) is 40.0. The monoisotopic (exact) mass is 734 g/mol. The summed E-state index contributed by atoms with van der Waals surface area (Å²) in [5.74, 6) is 0.762. The van der Waals surface area contributed by atoms with Crippen molar-refractivity contribution < 1.29 is 24.5 Å². The van der Waals surface area contributed by atoms with Crippen molar-refractivity contribution in [3.05, 3.63) is 99.0 Å². The molecule has 51 heavy (non-hydrogen) atoms. The van der Waals surface area contributed by atoms with Crippen molar-refractivity contribution in [1.82, 2.24) is 19.6 Å². The van der Waals surface area contributed by atoms with Gasteiger partial charge in [-0.05, 0) is 73.9 Å². The van der Waals surface area contributed by atoms with Crippen LogP contribution in [0, 0.1) is 11.3 Å². The molecule has 11 nitrogen and oxygen atoms in total. The van der Waals surface area contributed by atoms with Crippen LogP contribution >= 0.6 is 23.2 Å². The molecule has 13 heteroatoms. The normalized spacial score (nSPS) is 18.0. The molecule has 0 bridgehead atoms. The van der Waals surface area contributed by atoms with Crippen LogP contribution in [0.5, 0.6) is 5.75 Å². The number of hydrogen-bond acceptors (Lipinski definition) is 8. The Morgan fingerprint density at radius 3 is 2.08 bits per heavy atom. The molecule has 2 aliphatic rings. The van der Waals surface area contributed by atoms with Crippen LogP contribution < -0.4 is 4.74 Å². The van der Waals surface area contributed by atoms with Crippen LogP contribution in [0.15, 0.2) is 71.7 Å². The van der Waals surface area contributed by atoms with Crippen molar-refractivity contribution in [2.75, 3.05) is 65.6 Å². The zero-order valence-corrected chi connectivity index (χ0v) is 30.6. The fourth-order valence-corrected chi connectivity index (χ4v) is 6.69. The predicted octanol–water partition coefficient (Wildman–Crippen LogP) is 5.29. The van der Waals surface area contributed by atoms with Crippen LogP contribution in [0.1, 0.15) is 55.1 Å². The average Bonchev–Trinajstić information content (AvgIpc) is 3.52. The Hall–Kier alpha value is -4.18. The van der Waals surface area contributed by atoms with Gasteiger partial charge in [-0.25, -0.2) is 4.79 Å². The molecule has 3 amide bonds. The van der Waals surface area contributed by atoms with Crippen molar-refractivity contribution in [3.63, 3.8) is 0 Å². The fraction of sp³-hybridized carbons (Fsp3) is 0.421. The molecule has 0 saturated carbocycles. The van der Waals surface area contributed by atoms with Crippen LogP contribution in [0.4, 0.5) is 4.79 Å². The minimum absolute atomic E-state index is 0.119. The second-order valence-corrected chi connectivity index (χ2v) is 13.9. The molecule has 1 saturated heterocycles. The summed E-state index contributed by atoms with van der Waals surface area (Å²) in [7, 11) is 0. The number of nitriles is 1. The number of piperazine rings is 1. The van der Waals surface area contributed by atoms with Gasteiger partial charge in [0.15, 0.2) is 0 Å². The number of ether oxygens (including phenoxy) is 1. The summed E-state index contributed by atoms with van der Waals surface area (Å²) < 4.78 is 6.17. The quantitative estimate of drug-likeness (QED) is 0.259. The van der Waals surface area contributed by atoms with Gasteiger partial charge in [0, 0.05) is 49.3 Å². The van der Waals surface area contributed by atoms with E-state index in [2.05, 4.69) is 6.07 Å². The van der Waals surface area contributed by atoms with Crippen LogP contribution in [0.3, 0.4) is 0 Å². The predicted molar refractivity (Wildman–Crippen MR) is 197 cm³/mol. The third-order valence-corrected chi connectivity index (χ3v) is 9.82. The lowest BCUT2D eigenvalue weighted by Crippen LogP contribution is -2.55. The standard InChI is InChI=1S/C38H44Cl2N6O5/c1-4-51-32-23-28(38(2,3)25-41)9-14-31(32)36-42-34(26-5-10-29(39)11-6-26)35(27-7-12-30(40)13-8-27)46(36)37(50)45-17-15-43(16-18-45)24-33(49)44(19-21-47)20-22-48/h5-14,23,34-35,47-48H,4,15-22,24H2,1-3H3/t34-,35+/m0/s1. The number of aliphatic hydroxyl groups is 2. The smallest absolute Gasteiger partial charge is 0.326 e. The number of carbonyl (C=O) groups is 2. The van der Waals surface area contributed by atoms with Gasteiger partial charge in [0.05, 0.1) is 49.5 Å². The fourth-order valence-electron chi connectivity index (χ4n) is 6.43. The van der Waals surface area contributed by atoms with Gasteiger partial charge in [0.2, 0.25) is 5.91 Å². The number of rotatable bonds is 12. The first kappa shape index (κ1) is 38.1. The molecular formula is C38H44Cl2N6O5. The second kappa shape index (κ2) is 16.9. The molecule has 2 heterocycles. The first-order valence-corrected chi connectivity index (χ1v) is 17.8. The first-order chi connectivity index (χ1) is 24.5. The number of hydrogen-bond donors (Lipinski definition) is 2. The maximum absolute atomic E-state index is 14.9. The highest BCUT2D eigenvalue weighted by molar-refractivity contribution is 6.30. The van der Waals surface area contributed by atoms with Crippen LogP contribution in [-0.2, 0) is 10.2 Å². The highest BCUT2D eigenvalue weighted by Crippen LogP contribution is 2.46. The summed E-state index contributed by atoms with van der Waals surface area (Å²) in [5, 5.41) is 29.8. The summed E-state index contributed by atoms with van der Waals surface area (Å²) in [6.07, 6.45) is 0. The number of nitrogens with zero attached hydrogens (tertiary/aromatic N) is 6. The lowest BCUT2D eigenvalue weighted by atomic mass is 9.85. The van der Waals surface area contributed by atoms with Crippen molar-refractivity contribution >= 4 is 41.0 Å². The third-order valence-electron chi connectivity index (χ3n) is 9.31. The van der Waals surface area contributed by atoms with Gasteiger partial charge >= 0.3 is 6.03 Å². The molecule has 0 aromatic heterocycles. The minimum atomic E-state index is -0.774. The highest BCUT2D eigenvalue weighted by Gasteiger charge is 2.45. The number of benzene rings is 3. The second-order valence-electron chi connectivity index (χ2n) is 13.1. The highest BCUT2D eigenvalue weighted by atomic mass is 35.5. The minimum Gasteiger partial charge on any atom is -0.493 e. The topological polar surface area (TPSA) is 133 Å². The molecule has 1 fully saturated rings. The number of amidine groups is 1. The molecule has 0 spiro atoms. The summed E-state index contributed by atoms with van der Waals surface area (Å²) >= 11 is 12.6. The van der Waals surface area contributed by atoms with Crippen molar-refractivity contribution in [2.45, 2.75) is 38.3 Å². The van der Waals surface area contributed by atoms with E-state index in [1.54, 1.807) is 21.9 Å². The van der Waals surface area contributed by atoms with Crippen LogP contribution in [-0.4, -0.2) is 113 Å². The van der Waals surface area contributed by atoms with Crippen molar-refractivity contribution in [1.29, 1.82) is 5.26 Å². The van der Waals surface area contributed by atoms with Crippen molar-refractivity contribution in [3.8, 4) is 11.8 Å². The Bertz CT molecular complexity index is 1750. The molecule has 2 atom stereocenters. The number of amides is 3. The summed E-state index contributed by atoms with van der Waals surface area (Å²) in [5.41, 5.74) is 2.33. The van der Waals surface area contributed by atoms with Gasteiger partial charge in [0.25, 0.3) is 0 Å². The van der Waals surface area contributed by atoms with E-state index in [1.807, 2.05) is 80.3 Å². The lowest BCUT2D eigenvalue weighted by Gasteiger charge is -2.39. The van der Waals surface area contributed by atoms with Gasteiger partial charge in [-0.1, -0.05) is 53.5 Å². The van der Waals surface area contributed by atoms with E-state index in [0.717, 1.165) is 16.7 Å². The molecule has 5 rings (SSSR count). The Kier molecular flexibility index (Phi) is 12.6. The molecule has 0 aliphatic carbocycles. The summed E-state index contributed by atoms with van der Waals surface area (Å²) in [6, 6.07) is 21.5. The number of aliphatic imine (C=N–C) groups is 1. The van der Waals surface area contributed by atoms with E-state index in [-0.39, 0.29) is 44.8 Å². The van der Waals surface area contributed by atoms with E-state index in [1.165, 1.54) is 4.90 Å². The van der Waals surface area contributed by atoms with Gasteiger partial charge in [0.1, 0.15) is 17.6 Å².